The second-order valence-electron chi connectivity index (χ2n) is 6.90. The van der Waals surface area contributed by atoms with Crippen LogP contribution in [-0.4, -0.2) is 43.3 Å². The number of amides is 3. The molecule has 0 aromatic heterocycles. The van der Waals surface area contributed by atoms with Gasteiger partial charge in [-0.05, 0) is 41.8 Å². The van der Waals surface area contributed by atoms with Crippen molar-refractivity contribution in [2.24, 2.45) is 0 Å². The molecule has 140 valence electrons. The van der Waals surface area contributed by atoms with Crippen LogP contribution in [0.5, 0.6) is 0 Å². The van der Waals surface area contributed by atoms with Gasteiger partial charge in [0.05, 0.1) is 5.69 Å². The summed E-state index contributed by atoms with van der Waals surface area (Å²) in [6, 6.07) is 17.9. The monoisotopic (exact) mass is 373 g/mol. The predicted molar refractivity (Wildman–Crippen MR) is 109 cm³/mol. The molecule has 0 spiro atoms. The highest BCUT2D eigenvalue weighted by molar-refractivity contribution is 6.26. The summed E-state index contributed by atoms with van der Waals surface area (Å²) < 4.78 is 0. The van der Waals surface area contributed by atoms with E-state index < -0.39 is 0 Å². The zero-order valence-electron chi connectivity index (χ0n) is 15.6. The van der Waals surface area contributed by atoms with Crippen LogP contribution in [0.2, 0.25) is 0 Å². The highest BCUT2D eigenvalue weighted by Gasteiger charge is 2.30. The van der Waals surface area contributed by atoms with E-state index in [0.717, 1.165) is 16.5 Å². The van der Waals surface area contributed by atoms with Crippen molar-refractivity contribution in [3.05, 3.63) is 71.8 Å². The number of rotatable bonds is 4. The van der Waals surface area contributed by atoms with Gasteiger partial charge in [-0.3, -0.25) is 19.3 Å². The van der Waals surface area contributed by atoms with Crippen molar-refractivity contribution in [3.8, 4) is 0 Å². The maximum Gasteiger partial charge on any atom is 0.259 e. The molecule has 1 aliphatic heterocycles. The zero-order chi connectivity index (χ0) is 19.8. The zero-order valence-corrected chi connectivity index (χ0v) is 15.6. The number of nitrogens with zero attached hydrogens (tertiary/aromatic N) is 2. The topological polar surface area (TPSA) is 69.7 Å². The first-order valence-electron chi connectivity index (χ1n) is 8.91. The van der Waals surface area contributed by atoms with Crippen LogP contribution in [0, 0.1) is 0 Å². The minimum absolute atomic E-state index is 0.0784. The summed E-state index contributed by atoms with van der Waals surface area (Å²) in [7, 11) is 3.37. The Morgan fingerprint density at radius 2 is 1.64 bits per heavy atom. The smallest absolute Gasteiger partial charge is 0.259 e. The Labute approximate surface area is 162 Å². The van der Waals surface area contributed by atoms with Gasteiger partial charge in [-0.25, -0.2) is 0 Å². The molecule has 3 amide bonds. The molecule has 6 heteroatoms. The van der Waals surface area contributed by atoms with Gasteiger partial charge in [0.1, 0.15) is 6.54 Å². The number of hydrogen-bond donors (Lipinski definition) is 1. The second-order valence-corrected chi connectivity index (χ2v) is 6.90. The van der Waals surface area contributed by atoms with Crippen LogP contribution in [0.4, 0.5) is 11.4 Å². The standard InChI is InChI=1S/C22H19N3O3/c1-24(2)21(27)15-9-11-16(12-10-15)23-19(26)13-25-18-8-4-6-14-5-3-7-17(20(14)18)22(25)28/h3-12H,13H2,1-2H3,(H,23,26). The quantitative estimate of drug-likeness (QED) is 0.764. The Hall–Kier alpha value is -3.67. The van der Waals surface area contributed by atoms with Crippen LogP contribution in [0.1, 0.15) is 20.7 Å². The Morgan fingerprint density at radius 3 is 2.32 bits per heavy atom. The molecule has 1 N–H and O–H groups in total. The number of anilines is 2. The first kappa shape index (κ1) is 17.7. The van der Waals surface area contributed by atoms with Gasteiger partial charge in [-0.15, -0.1) is 0 Å². The third-order valence-corrected chi connectivity index (χ3v) is 4.77. The molecule has 0 radical (unpaired) electrons. The fourth-order valence-corrected chi connectivity index (χ4v) is 3.43. The molecule has 6 nitrogen and oxygen atoms in total. The van der Waals surface area contributed by atoms with Crippen molar-refractivity contribution in [2.75, 3.05) is 30.9 Å². The Bertz CT molecular complexity index is 1100. The number of benzene rings is 3. The van der Waals surface area contributed by atoms with E-state index in [1.807, 2.05) is 30.3 Å². The Kier molecular flexibility index (Phi) is 4.31. The maximum absolute atomic E-state index is 12.8. The van der Waals surface area contributed by atoms with Crippen LogP contribution in [0.3, 0.4) is 0 Å². The van der Waals surface area contributed by atoms with Crippen LogP contribution in [0.15, 0.2) is 60.7 Å². The van der Waals surface area contributed by atoms with E-state index in [-0.39, 0.29) is 24.3 Å². The molecular formula is C22H19N3O3. The fourth-order valence-electron chi connectivity index (χ4n) is 3.43. The average Bonchev–Trinajstić information content (AvgIpc) is 2.96. The van der Waals surface area contributed by atoms with E-state index in [1.165, 1.54) is 9.80 Å². The highest BCUT2D eigenvalue weighted by Crippen LogP contribution is 2.36. The molecule has 1 aliphatic rings. The van der Waals surface area contributed by atoms with Crippen molar-refractivity contribution in [1.29, 1.82) is 0 Å². The lowest BCUT2D eigenvalue weighted by Gasteiger charge is -2.17. The van der Waals surface area contributed by atoms with Gasteiger partial charge in [0.2, 0.25) is 5.91 Å². The van der Waals surface area contributed by atoms with Crippen LogP contribution >= 0.6 is 0 Å². The van der Waals surface area contributed by atoms with Crippen molar-refractivity contribution in [3.63, 3.8) is 0 Å². The summed E-state index contributed by atoms with van der Waals surface area (Å²) in [6.07, 6.45) is 0. The molecule has 0 fully saturated rings. The van der Waals surface area contributed by atoms with Crippen molar-refractivity contribution < 1.29 is 14.4 Å². The molecule has 3 aromatic rings. The van der Waals surface area contributed by atoms with E-state index in [2.05, 4.69) is 5.32 Å². The van der Waals surface area contributed by atoms with E-state index in [4.69, 9.17) is 0 Å². The van der Waals surface area contributed by atoms with Gasteiger partial charge in [-0.2, -0.15) is 0 Å². The minimum atomic E-state index is -0.301. The largest absolute Gasteiger partial charge is 0.345 e. The van der Waals surface area contributed by atoms with E-state index in [1.54, 1.807) is 44.4 Å². The number of hydrogen-bond acceptors (Lipinski definition) is 3. The number of carbonyl (C=O) groups is 3. The molecule has 0 saturated heterocycles. The molecule has 0 unspecified atom stereocenters. The molecule has 3 aromatic carbocycles. The predicted octanol–water partition coefficient (Wildman–Crippen LogP) is 3.14. The Morgan fingerprint density at radius 1 is 0.964 bits per heavy atom. The maximum atomic E-state index is 12.8. The molecule has 4 rings (SSSR count). The van der Waals surface area contributed by atoms with Crippen LogP contribution in [0.25, 0.3) is 10.8 Å². The van der Waals surface area contributed by atoms with Crippen molar-refractivity contribution >= 4 is 39.9 Å². The molecule has 1 heterocycles. The number of carbonyl (C=O) groups excluding carboxylic acids is 3. The average molecular weight is 373 g/mol. The number of nitrogens with one attached hydrogen (secondary N) is 1. The summed E-state index contributed by atoms with van der Waals surface area (Å²) in [6.45, 7) is -0.0784. The normalized spacial score (nSPS) is 12.4. The molecule has 0 bridgehead atoms. The van der Waals surface area contributed by atoms with Gasteiger partial charge in [0.25, 0.3) is 11.8 Å². The van der Waals surface area contributed by atoms with Crippen molar-refractivity contribution in [2.45, 2.75) is 0 Å². The van der Waals surface area contributed by atoms with Gasteiger partial charge in [-0.1, -0.05) is 24.3 Å². The van der Waals surface area contributed by atoms with Gasteiger partial charge in [0, 0.05) is 36.3 Å². The fraction of sp³-hybridized carbons (Fsp3) is 0.136. The summed E-state index contributed by atoms with van der Waals surface area (Å²) in [5.74, 6) is -0.579. The molecule has 0 aliphatic carbocycles. The Balaban J connectivity index is 1.50. The second kappa shape index (κ2) is 6.81. The molecule has 0 atom stereocenters. The summed E-state index contributed by atoms with van der Waals surface area (Å²) in [5, 5.41) is 4.65. The first-order valence-corrected chi connectivity index (χ1v) is 8.91. The molecule has 28 heavy (non-hydrogen) atoms. The minimum Gasteiger partial charge on any atom is -0.345 e. The van der Waals surface area contributed by atoms with E-state index >= 15 is 0 Å². The lowest BCUT2D eigenvalue weighted by Crippen LogP contribution is -2.35. The van der Waals surface area contributed by atoms with E-state index in [0.29, 0.717) is 16.8 Å². The van der Waals surface area contributed by atoms with Crippen LogP contribution < -0.4 is 10.2 Å². The highest BCUT2D eigenvalue weighted by atomic mass is 16.2. The van der Waals surface area contributed by atoms with Gasteiger partial charge in [0.15, 0.2) is 0 Å². The lowest BCUT2D eigenvalue weighted by molar-refractivity contribution is -0.114. The SMILES string of the molecule is CN(C)C(=O)c1ccc(NC(=O)CN2C(=O)c3cccc4cccc2c34)cc1. The third-order valence-electron chi connectivity index (χ3n) is 4.77. The van der Waals surface area contributed by atoms with E-state index in [9.17, 15) is 14.4 Å². The summed E-state index contributed by atoms with van der Waals surface area (Å²) in [5.41, 5.74) is 2.48. The van der Waals surface area contributed by atoms with Crippen LogP contribution in [-0.2, 0) is 4.79 Å². The van der Waals surface area contributed by atoms with Gasteiger partial charge < -0.3 is 10.2 Å². The summed E-state index contributed by atoms with van der Waals surface area (Å²) in [4.78, 5) is 40.2. The third kappa shape index (κ3) is 2.99. The van der Waals surface area contributed by atoms with Gasteiger partial charge >= 0.3 is 0 Å². The summed E-state index contributed by atoms with van der Waals surface area (Å²) >= 11 is 0. The van der Waals surface area contributed by atoms with Crippen molar-refractivity contribution in [1.82, 2.24) is 4.90 Å². The first-order chi connectivity index (χ1) is 13.5. The molecular weight excluding hydrogens is 354 g/mol. The molecule has 0 saturated carbocycles. The lowest BCUT2D eigenvalue weighted by atomic mass is 10.1.